The smallest absolute Gasteiger partial charge is 0.227 e. The first kappa shape index (κ1) is 17.8. The average molecular weight is 352 g/mol. The molecular formula is C19H24N6O. The number of amides is 1. The van der Waals surface area contributed by atoms with E-state index in [2.05, 4.69) is 39.4 Å². The van der Waals surface area contributed by atoms with E-state index in [9.17, 15) is 4.79 Å². The van der Waals surface area contributed by atoms with Crippen molar-refractivity contribution in [3.63, 3.8) is 0 Å². The van der Waals surface area contributed by atoms with E-state index in [-0.39, 0.29) is 17.7 Å². The highest BCUT2D eigenvalue weighted by Crippen LogP contribution is 2.26. The Bertz CT molecular complexity index is 895. The van der Waals surface area contributed by atoms with Crippen molar-refractivity contribution in [1.82, 2.24) is 25.0 Å². The van der Waals surface area contributed by atoms with E-state index >= 15 is 0 Å². The van der Waals surface area contributed by atoms with Crippen LogP contribution in [0.3, 0.4) is 0 Å². The number of carbonyl (C=O) groups excluding carboxylic acids is 1. The molecule has 2 heterocycles. The highest BCUT2D eigenvalue weighted by molar-refractivity contribution is 5.96. The van der Waals surface area contributed by atoms with Crippen molar-refractivity contribution in [3.8, 4) is 11.4 Å². The van der Waals surface area contributed by atoms with Gasteiger partial charge in [-0.15, -0.1) is 0 Å². The molecule has 0 aliphatic heterocycles. The van der Waals surface area contributed by atoms with Gasteiger partial charge in [0, 0.05) is 30.6 Å². The van der Waals surface area contributed by atoms with Gasteiger partial charge in [0.2, 0.25) is 5.91 Å². The van der Waals surface area contributed by atoms with Gasteiger partial charge in [0.15, 0.2) is 5.82 Å². The first-order chi connectivity index (χ1) is 12.4. The van der Waals surface area contributed by atoms with E-state index in [4.69, 9.17) is 0 Å². The molecule has 0 saturated heterocycles. The maximum Gasteiger partial charge on any atom is 0.227 e. The normalized spacial score (nSPS) is 12.3. The first-order valence-electron chi connectivity index (χ1n) is 8.74. The number of hydrogen-bond acceptors (Lipinski definition) is 4. The molecule has 2 N–H and O–H groups in total. The van der Waals surface area contributed by atoms with Crippen LogP contribution < -0.4 is 5.32 Å². The fourth-order valence-electron chi connectivity index (χ4n) is 2.72. The lowest BCUT2D eigenvalue weighted by Crippen LogP contribution is -2.22. The second-order valence-electron chi connectivity index (χ2n) is 6.86. The predicted molar refractivity (Wildman–Crippen MR) is 101 cm³/mol. The molecule has 7 heteroatoms. The Kier molecular flexibility index (Phi) is 5.16. The van der Waals surface area contributed by atoms with Gasteiger partial charge in [-0.2, -0.15) is 10.2 Å². The van der Waals surface area contributed by atoms with Gasteiger partial charge in [-0.3, -0.25) is 14.6 Å². The van der Waals surface area contributed by atoms with E-state index in [1.807, 2.05) is 44.4 Å². The molecular weight excluding hydrogens is 328 g/mol. The van der Waals surface area contributed by atoms with Gasteiger partial charge >= 0.3 is 0 Å². The van der Waals surface area contributed by atoms with Crippen molar-refractivity contribution in [2.45, 2.75) is 33.1 Å². The summed E-state index contributed by atoms with van der Waals surface area (Å²) >= 11 is 0. The Morgan fingerprint density at radius 1 is 1.27 bits per heavy atom. The zero-order valence-corrected chi connectivity index (χ0v) is 15.5. The Labute approximate surface area is 152 Å². The quantitative estimate of drug-likeness (QED) is 0.713. The molecule has 0 saturated carbocycles. The van der Waals surface area contributed by atoms with E-state index in [0.29, 0.717) is 17.9 Å². The third kappa shape index (κ3) is 3.99. The number of H-pyrrole nitrogens is 1. The number of hydrogen-bond donors (Lipinski definition) is 2. The number of para-hydroxylation sites is 1. The van der Waals surface area contributed by atoms with Crippen molar-refractivity contribution in [1.29, 1.82) is 0 Å². The number of rotatable bonds is 6. The predicted octanol–water partition coefficient (Wildman–Crippen LogP) is 3.15. The van der Waals surface area contributed by atoms with Crippen molar-refractivity contribution >= 4 is 11.6 Å². The minimum Gasteiger partial charge on any atom is -0.325 e. The summed E-state index contributed by atoms with van der Waals surface area (Å²) in [4.78, 5) is 17.2. The summed E-state index contributed by atoms with van der Waals surface area (Å²) in [5, 5.41) is 14.4. The van der Waals surface area contributed by atoms with Gasteiger partial charge in [0.1, 0.15) is 5.82 Å². The SMILES string of the molecule is CC(Cc1cnn(C)c1)C(=O)Nc1ccccc1-c1n[nH]c(C(C)C)n1. The number of aryl methyl sites for hydroxylation is 1. The zero-order chi connectivity index (χ0) is 18.7. The highest BCUT2D eigenvalue weighted by atomic mass is 16.1. The summed E-state index contributed by atoms with van der Waals surface area (Å²) < 4.78 is 1.74. The van der Waals surface area contributed by atoms with Gasteiger partial charge < -0.3 is 5.32 Å². The molecule has 1 unspecified atom stereocenters. The highest BCUT2D eigenvalue weighted by Gasteiger charge is 2.18. The molecule has 0 aliphatic carbocycles. The number of aromatic nitrogens is 5. The first-order valence-corrected chi connectivity index (χ1v) is 8.74. The average Bonchev–Trinajstić information content (AvgIpc) is 3.24. The molecule has 3 aromatic rings. The van der Waals surface area contributed by atoms with Crippen LogP contribution in [0.25, 0.3) is 11.4 Å². The van der Waals surface area contributed by atoms with Crippen LogP contribution in [0.2, 0.25) is 0 Å². The summed E-state index contributed by atoms with van der Waals surface area (Å²) in [6.07, 6.45) is 4.36. The molecule has 3 rings (SSSR count). The van der Waals surface area contributed by atoms with Crippen LogP contribution >= 0.6 is 0 Å². The minimum atomic E-state index is -0.175. The number of benzene rings is 1. The Balaban J connectivity index is 1.76. The van der Waals surface area contributed by atoms with Gasteiger partial charge in [-0.25, -0.2) is 4.98 Å². The molecule has 7 nitrogen and oxygen atoms in total. The van der Waals surface area contributed by atoms with E-state index in [0.717, 1.165) is 17.0 Å². The fourth-order valence-corrected chi connectivity index (χ4v) is 2.72. The number of nitrogens with one attached hydrogen (secondary N) is 2. The lowest BCUT2D eigenvalue weighted by molar-refractivity contribution is -0.119. The molecule has 0 bridgehead atoms. The Hall–Kier alpha value is -2.96. The number of nitrogens with zero attached hydrogens (tertiary/aromatic N) is 4. The molecule has 1 aromatic carbocycles. The van der Waals surface area contributed by atoms with Gasteiger partial charge in [0.25, 0.3) is 0 Å². The summed E-state index contributed by atoms with van der Waals surface area (Å²) in [6, 6.07) is 7.58. The molecule has 2 aromatic heterocycles. The van der Waals surface area contributed by atoms with E-state index < -0.39 is 0 Å². The topological polar surface area (TPSA) is 88.5 Å². The summed E-state index contributed by atoms with van der Waals surface area (Å²) in [6.45, 7) is 6.02. The van der Waals surface area contributed by atoms with E-state index in [1.165, 1.54) is 0 Å². The molecule has 1 atom stereocenters. The molecule has 0 spiro atoms. The molecule has 0 fully saturated rings. The fraction of sp³-hybridized carbons (Fsp3) is 0.368. The molecule has 26 heavy (non-hydrogen) atoms. The summed E-state index contributed by atoms with van der Waals surface area (Å²) in [5.41, 5.74) is 2.56. The molecule has 0 aliphatic rings. The second-order valence-corrected chi connectivity index (χ2v) is 6.86. The van der Waals surface area contributed by atoms with E-state index in [1.54, 1.807) is 10.9 Å². The van der Waals surface area contributed by atoms with Crippen molar-refractivity contribution in [2.24, 2.45) is 13.0 Å². The maximum absolute atomic E-state index is 12.6. The standard InChI is InChI=1S/C19H24N6O/c1-12(2)17-22-18(24-23-17)15-7-5-6-8-16(15)21-19(26)13(3)9-14-10-20-25(4)11-14/h5-8,10-13H,9H2,1-4H3,(H,21,26)(H,22,23,24). The van der Waals surface area contributed by atoms with Gasteiger partial charge in [-0.05, 0) is 24.1 Å². The Morgan fingerprint density at radius 3 is 2.69 bits per heavy atom. The largest absolute Gasteiger partial charge is 0.325 e. The van der Waals surface area contributed by atoms with Crippen LogP contribution in [-0.4, -0.2) is 30.9 Å². The summed E-state index contributed by atoms with van der Waals surface area (Å²) in [7, 11) is 1.87. The number of anilines is 1. The zero-order valence-electron chi connectivity index (χ0n) is 15.5. The molecule has 136 valence electrons. The Morgan fingerprint density at radius 2 is 2.04 bits per heavy atom. The number of carbonyl (C=O) groups is 1. The minimum absolute atomic E-state index is 0.0408. The van der Waals surface area contributed by atoms with Crippen LogP contribution in [0.1, 0.15) is 38.1 Å². The van der Waals surface area contributed by atoms with Crippen LogP contribution in [0.15, 0.2) is 36.7 Å². The third-order valence-corrected chi connectivity index (χ3v) is 4.22. The van der Waals surface area contributed by atoms with Crippen LogP contribution in [0.4, 0.5) is 5.69 Å². The lowest BCUT2D eigenvalue weighted by Gasteiger charge is -2.13. The molecule has 1 amide bonds. The van der Waals surface area contributed by atoms with Crippen LogP contribution in [0, 0.1) is 5.92 Å². The van der Waals surface area contributed by atoms with Crippen molar-refractivity contribution in [3.05, 3.63) is 48.0 Å². The van der Waals surface area contributed by atoms with Gasteiger partial charge in [-0.1, -0.05) is 32.9 Å². The number of aromatic amines is 1. The van der Waals surface area contributed by atoms with Crippen molar-refractivity contribution < 1.29 is 4.79 Å². The van der Waals surface area contributed by atoms with Gasteiger partial charge in [0.05, 0.1) is 11.9 Å². The third-order valence-electron chi connectivity index (χ3n) is 4.22. The molecule has 0 radical (unpaired) electrons. The lowest BCUT2D eigenvalue weighted by atomic mass is 10.0. The van der Waals surface area contributed by atoms with Crippen molar-refractivity contribution in [2.75, 3.05) is 5.32 Å². The monoisotopic (exact) mass is 352 g/mol. The second kappa shape index (κ2) is 7.51. The van der Waals surface area contributed by atoms with Crippen LogP contribution in [0.5, 0.6) is 0 Å². The maximum atomic E-state index is 12.6. The van der Waals surface area contributed by atoms with Crippen LogP contribution in [-0.2, 0) is 18.3 Å². The summed E-state index contributed by atoms with van der Waals surface area (Å²) in [5.74, 6) is 1.46.